The van der Waals surface area contributed by atoms with Gasteiger partial charge in [0.2, 0.25) is 0 Å². The van der Waals surface area contributed by atoms with E-state index in [0.29, 0.717) is 11.7 Å². The first-order valence-corrected chi connectivity index (χ1v) is 6.72. The van der Waals surface area contributed by atoms with Gasteiger partial charge in [-0.2, -0.15) is 0 Å². The summed E-state index contributed by atoms with van der Waals surface area (Å²) in [6.45, 7) is 4.00. The summed E-state index contributed by atoms with van der Waals surface area (Å²) in [6, 6.07) is 4.20. The number of rotatable bonds is 2. The third kappa shape index (κ3) is 3.35. The molecule has 1 N–H and O–H groups in total. The van der Waals surface area contributed by atoms with Crippen molar-refractivity contribution in [3.05, 3.63) is 28.7 Å². The molecule has 1 aliphatic carbocycles. The van der Waals surface area contributed by atoms with Gasteiger partial charge in [-0.1, -0.05) is 33.1 Å². The normalized spacial score (nSPS) is 15.9. The fraction of sp³-hybridized carbons (Fsp3) is 0.643. The zero-order valence-electron chi connectivity index (χ0n) is 11.2. The van der Waals surface area contributed by atoms with Gasteiger partial charge in [0.1, 0.15) is 5.69 Å². The van der Waals surface area contributed by atoms with Crippen molar-refractivity contribution < 1.29 is 0 Å². The van der Waals surface area contributed by atoms with Crippen LogP contribution in [-0.4, -0.2) is 11.6 Å². The second-order valence-corrected chi connectivity index (χ2v) is 4.18. The highest BCUT2D eigenvalue weighted by atomic mass is 16.1. The van der Waals surface area contributed by atoms with Crippen LogP contribution in [0.4, 0.5) is 5.69 Å². The van der Waals surface area contributed by atoms with Crippen LogP contribution in [0.5, 0.6) is 0 Å². The molecule has 1 heterocycles. The van der Waals surface area contributed by atoms with E-state index in [4.69, 9.17) is 0 Å². The molecule has 0 unspecified atom stereocenters. The van der Waals surface area contributed by atoms with E-state index in [-0.39, 0.29) is 5.56 Å². The molecule has 0 radical (unpaired) electrons. The molecule has 3 heteroatoms. The van der Waals surface area contributed by atoms with Gasteiger partial charge >= 0.3 is 0 Å². The molecule has 1 aliphatic rings. The van der Waals surface area contributed by atoms with Gasteiger partial charge in [-0.15, -0.1) is 0 Å². The first kappa shape index (κ1) is 13.8. The van der Waals surface area contributed by atoms with Crippen molar-refractivity contribution in [1.82, 2.24) is 4.57 Å². The predicted octanol–water partition coefficient (Wildman–Crippen LogP) is 3.42. The van der Waals surface area contributed by atoms with Gasteiger partial charge < -0.3 is 9.88 Å². The maximum Gasteiger partial charge on any atom is 0.274 e. The Morgan fingerprint density at radius 1 is 1.24 bits per heavy atom. The summed E-state index contributed by atoms with van der Waals surface area (Å²) in [7, 11) is 1.79. The van der Waals surface area contributed by atoms with Crippen LogP contribution < -0.4 is 10.9 Å². The SMILES string of the molecule is CC.CNc1cccn(C2CCCCC2)c1=O. The molecule has 1 aromatic heterocycles. The molecule has 0 spiro atoms. The maximum absolute atomic E-state index is 12.0. The van der Waals surface area contributed by atoms with Crippen LogP contribution in [0.25, 0.3) is 0 Å². The van der Waals surface area contributed by atoms with Gasteiger partial charge in [0.25, 0.3) is 5.56 Å². The van der Waals surface area contributed by atoms with Crippen molar-refractivity contribution >= 4 is 5.69 Å². The number of pyridine rings is 1. The second kappa shape index (κ2) is 7.15. The van der Waals surface area contributed by atoms with Gasteiger partial charge in [-0.25, -0.2) is 0 Å². The highest BCUT2D eigenvalue weighted by Gasteiger charge is 2.16. The van der Waals surface area contributed by atoms with Crippen LogP contribution in [0.1, 0.15) is 52.0 Å². The van der Waals surface area contributed by atoms with E-state index >= 15 is 0 Å². The van der Waals surface area contributed by atoms with Crippen LogP contribution in [0, 0.1) is 0 Å². The quantitative estimate of drug-likeness (QED) is 0.853. The largest absolute Gasteiger partial charge is 0.384 e. The van der Waals surface area contributed by atoms with Crippen molar-refractivity contribution in [2.24, 2.45) is 0 Å². The zero-order chi connectivity index (χ0) is 12.7. The average Bonchev–Trinajstić information content (AvgIpc) is 2.42. The smallest absolute Gasteiger partial charge is 0.274 e. The Bertz CT molecular complexity index is 378. The second-order valence-electron chi connectivity index (χ2n) is 4.18. The Kier molecular flexibility index (Phi) is 5.81. The van der Waals surface area contributed by atoms with Crippen LogP contribution in [0.3, 0.4) is 0 Å². The highest BCUT2D eigenvalue weighted by molar-refractivity contribution is 5.39. The molecule has 0 bridgehead atoms. The van der Waals surface area contributed by atoms with Gasteiger partial charge in [0.05, 0.1) is 0 Å². The van der Waals surface area contributed by atoms with Crippen LogP contribution >= 0.6 is 0 Å². The van der Waals surface area contributed by atoms with Crippen molar-refractivity contribution in [1.29, 1.82) is 0 Å². The third-order valence-corrected chi connectivity index (χ3v) is 3.21. The molecular weight excluding hydrogens is 212 g/mol. The zero-order valence-corrected chi connectivity index (χ0v) is 11.2. The molecule has 17 heavy (non-hydrogen) atoms. The topological polar surface area (TPSA) is 34.0 Å². The minimum Gasteiger partial charge on any atom is -0.384 e. The summed E-state index contributed by atoms with van der Waals surface area (Å²) in [5.41, 5.74) is 0.815. The Hall–Kier alpha value is -1.25. The Morgan fingerprint density at radius 3 is 2.47 bits per heavy atom. The van der Waals surface area contributed by atoms with E-state index in [1.807, 2.05) is 36.7 Å². The van der Waals surface area contributed by atoms with E-state index in [1.54, 1.807) is 7.05 Å². The predicted molar refractivity (Wildman–Crippen MR) is 73.7 cm³/mol. The van der Waals surface area contributed by atoms with Crippen molar-refractivity contribution in [3.8, 4) is 0 Å². The molecular formula is C14H24N2O. The molecule has 0 atom stereocenters. The fourth-order valence-corrected chi connectivity index (χ4v) is 2.35. The molecule has 0 saturated heterocycles. The molecule has 96 valence electrons. The fourth-order valence-electron chi connectivity index (χ4n) is 2.35. The lowest BCUT2D eigenvalue weighted by Crippen LogP contribution is -2.27. The van der Waals surface area contributed by atoms with E-state index in [2.05, 4.69) is 5.32 Å². The minimum absolute atomic E-state index is 0.118. The van der Waals surface area contributed by atoms with E-state index in [9.17, 15) is 4.79 Å². The molecule has 1 fully saturated rings. The number of hydrogen-bond acceptors (Lipinski definition) is 2. The molecule has 0 aliphatic heterocycles. The van der Waals surface area contributed by atoms with Crippen LogP contribution in [-0.2, 0) is 0 Å². The van der Waals surface area contributed by atoms with E-state index in [0.717, 1.165) is 12.8 Å². The minimum atomic E-state index is 0.118. The number of nitrogens with one attached hydrogen (secondary N) is 1. The van der Waals surface area contributed by atoms with Crippen LogP contribution in [0.15, 0.2) is 23.1 Å². The standard InChI is InChI=1S/C12H18N2O.C2H6/c1-13-11-8-5-9-14(12(11)15)10-6-3-2-4-7-10;1-2/h5,8-10,13H,2-4,6-7H2,1H3;1-2H3. The monoisotopic (exact) mass is 236 g/mol. The Labute approximate surface area is 104 Å². The Morgan fingerprint density at radius 2 is 1.88 bits per heavy atom. The average molecular weight is 236 g/mol. The lowest BCUT2D eigenvalue weighted by atomic mass is 9.95. The number of aromatic nitrogens is 1. The lowest BCUT2D eigenvalue weighted by molar-refractivity contribution is 0.346. The molecule has 0 aromatic carbocycles. The summed E-state index contributed by atoms with van der Waals surface area (Å²) in [5.74, 6) is 0. The van der Waals surface area contributed by atoms with Gasteiger partial charge in [0.15, 0.2) is 0 Å². The summed E-state index contributed by atoms with van der Waals surface area (Å²) in [5, 5.41) is 2.94. The first-order chi connectivity index (χ1) is 8.33. The Balaban J connectivity index is 0.000000686. The van der Waals surface area contributed by atoms with Gasteiger partial charge in [-0.05, 0) is 25.0 Å². The molecule has 2 rings (SSSR count). The third-order valence-electron chi connectivity index (χ3n) is 3.21. The summed E-state index contributed by atoms with van der Waals surface area (Å²) in [6.07, 6.45) is 8.03. The van der Waals surface area contributed by atoms with E-state index in [1.165, 1.54) is 19.3 Å². The van der Waals surface area contributed by atoms with Crippen molar-refractivity contribution in [2.45, 2.75) is 52.0 Å². The molecule has 3 nitrogen and oxygen atoms in total. The number of nitrogens with zero attached hydrogens (tertiary/aromatic N) is 1. The lowest BCUT2D eigenvalue weighted by Gasteiger charge is -2.24. The maximum atomic E-state index is 12.0. The van der Waals surface area contributed by atoms with Crippen LogP contribution in [0.2, 0.25) is 0 Å². The summed E-state index contributed by atoms with van der Waals surface area (Å²) < 4.78 is 1.89. The number of hydrogen-bond donors (Lipinski definition) is 1. The summed E-state index contributed by atoms with van der Waals surface area (Å²) in [4.78, 5) is 12.0. The molecule has 1 saturated carbocycles. The van der Waals surface area contributed by atoms with Crippen molar-refractivity contribution in [3.63, 3.8) is 0 Å². The highest BCUT2D eigenvalue weighted by Crippen LogP contribution is 2.26. The summed E-state index contributed by atoms with van der Waals surface area (Å²) >= 11 is 0. The van der Waals surface area contributed by atoms with Gasteiger partial charge in [0, 0.05) is 19.3 Å². The van der Waals surface area contributed by atoms with Gasteiger partial charge in [-0.3, -0.25) is 4.79 Å². The first-order valence-electron chi connectivity index (χ1n) is 6.72. The van der Waals surface area contributed by atoms with E-state index < -0.39 is 0 Å². The molecule has 0 amide bonds. The number of anilines is 1. The molecule has 1 aromatic rings. The van der Waals surface area contributed by atoms with Crippen molar-refractivity contribution in [2.75, 3.05) is 12.4 Å².